The zero-order valence-corrected chi connectivity index (χ0v) is 23.7. The zero-order valence-electron chi connectivity index (χ0n) is 22.8. The van der Waals surface area contributed by atoms with Crippen molar-refractivity contribution in [2.45, 2.75) is 63.4 Å². The van der Waals surface area contributed by atoms with Gasteiger partial charge in [0.1, 0.15) is 29.8 Å². The maximum Gasteiger partial charge on any atom is 0.459 e. The number of nitrogens with two attached hydrogens (primary N) is 1. The maximum atomic E-state index is 14.6. The van der Waals surface area contributed by atoms with Gasteiger partial charge in [0.2, 0.25) is 0 Å². The molecule has 0 amide bonds. The molecular formula is C26H31F2N4O9P. The summed E-state index contributed by atoms with van der Waals surface area (Å²) in [4.78, 5) is 28.3. The number of anilines is 1. The summed E-state index contributed by atoms with van der Waals surface area (Å²) in [6, 6.07) is 11.6. The van der Waals surface area contributed by atoms with E-state index in [0.717, 1.165) is 12.3 Å². The molecule has 1 fully saturated rings. The number of carbonyl (C=O) groups excluding carboxylic acids is 1. The lowest BCUT2D eigenvalue weighted by Crippen LogP contribution is -2.53. The normalized spacial score (nSPS) is 24.5. The number of nitrogen functional groups attached to an aromatic ring is 1. The number of carbonyl (C=O) groups is 1. The molecule has 0 bridgehead atoms. The summed E-state index contributed by atoms with van der Waals surface area (Å²) in [5.74, 6) is -0.970. The Morgan fingerprint density at radius 1 is 1.19 bits per heavy atom. The Hall–Kier alpha value is -3.46. The fourth-order valence-electron chi connectivity index (χ4n) is 4.32. The topological polar surface area (TPSA) is 184 Å². The van der Waals surface area contributed by atoms with Crippen molar-refractivity contribution in [1.29, 1.82) is 0 Å². The number of fused-ring (bicyclic) bond motifs is 1. The SMILES string of the molecule is CC(C)OC(=O)[C@H](C)NP(=O)(OC[C@@]1(C(F)F)O[C@@H](n2ccc(N)nc2=O)[C@@H](O)[C@@H]1O)Oc1cccc2ccccc12. The Morgan fingerprint density at radius 3 is 2.55 bits per heavy atom. The number of nitrogens with zero attached hydrogens (tertiary/aromatic N) is 2. The molecule has 0 aliphatic carbocycles. The van der Waals surface area contributed by atoms with E-state index in [0.29, 0.717) is 15.3 Å². The monoisotopic (exact) mass is 612 g/mol. The van der Waals surface area contributed by atoms with Crippen molar-refractivity contribution < 1.29 is 46.9 Å². The van der Waals surface area contributed by atoms with E-state index < -0.39 is 68.6 Å². The van der Waals surface area contributed by atoms with E-state index in [1.807, 2.05) is 0 Å². The summed E-state index contributed by atoms with van der Waals surface area (Å²) >= 11 is 0. The predicted octanol–water partition coefficient (Wildman–Crippen LogP) is 2.37. The minimum atomic E-state index is -4.74. The standard InChI is InChI=1S/C26H31F2N4O9P/c1-14(2)39-23(35)15(3)31-42(37,41-18-10-6-8-16-7-4-5-9-17(16)18)38-13-26(24(27)28)21(34)20(33)22(40-26)32-12-11-19(29)30-25(32)36/h4-12,14-15,20-22,24,33-34H,13H2,1-3H3,(H,31,37)(H2,29,30,36)/t15-,20-,21-,22+,26+,42?/m0/s1. The second-order valence-corrected chi connectivity index (χ2v) is 11.6. The van der Waals surface area contributed by atoms with Crippen LogP contribution in [0.15, 0.2) is 59.5 Å². The second-order valence-electron chi connectivity index (χ2n) is 9.92. The van der Waals surface area contributed by atoms with Crippen molar-refractivity contribution in [1.82, 2.24) is 14.6 Å². The summed E-state index contributed by atoms with van der Waals surface area (Å²) in [7, 11) is -4.74. The summed E-state index contributed by atoms with van der Waals surface area (Å²) in [5, 5.41) is 24.9. The lowest BCUT2D eigenvalue weighted by molar-refractivity contribution is -0.192. The van der Waals surface area contributed by atoms with Crippen LogP contribution in [0.4, 0.5) is 14.6 Å². The highest BCUT2D eigenvalue weighted by Crippen LogP contribution is 2.50. The van der Waals surface area contributed by atoms with E-state index in [2.05, 4.69) is 10.1 Å². The van der Waals surface area contributed by atoms with Crippen molar-refractivity contribution in [3.05, 3.63) is 65.2 Å². The van der Waals surface area contributed by atoms with E-state index >= 15 is 0 Å². The smallest absolute Gasteiger partial charge is 0.459 e. The molecular weight excluding hydrogens is 581 g/mol. The molecule has 6 atom stereocenters. The van der Waals surface area contributed by atoms with Gasteiger partial charge in [0.05, 0.1) is 12.7 Å². The second kappa shape index (κ2) is 12.4. The Labute approximate surface area is 238 Å². The molecule has 2 aromatic carbocycles. The van der Waals surface area contributed by atoms with Gasteiger partial charge in [-0.05, 0) is 38.3 Å². The van der Waals surface area contributed by atoms with Crippen LogP contribution < -0.4 is 21.0 Å². The van der Waals surface area contributed by atoms with Gasteiger partial charge in [-0.1, -0.05) is 36.4 Å². The molecule has 16 heteroatoms. The van der Waals surface area contributed by atoms with Crippen LogP contribution in [0, 0.1) is 0 Å². The van der Waals surface area contributed by atoms with Crippen LogP contribution in [0.1, 0.15) is 27.0 Å². The third kappa shape index (κ3) is 6.46. The molecule has 0 spiro atoms. The molecule has 2 heterocycles. The number of ether oxygens (including phenoxy) is 2. The van der Waals surface area contributed by atoms with Crippen molar-refractivity contribution in [2.24, 2.45) is 0 Å². The van der Waals surface area contributed by atoms with Crippen molar-refractivity contribution >= 4 is 30.3 Å². The number of nitrogens with one attached hydrogen (secondary N) is 1. The molecule has 4 rings (SSSR count). The molecule has 1 saturated heterocycles. The molecule has 13 nitrogen and oxygen atoms in total. The molecule has 0 saturated carbocycles. The van der Waals surface area contributed by atoms with Crippen molar-refractivity contribution in [3.63, 3.8) is 0 Å². The molecule has 3 aromatic rings. The quantitative estimate of drug-likeness (QED) is 0.183. The number of aliphatic hydroxyl groups excluding tert-OH is 2. The van der Waals surface area contributed by atoms with Gasteiger partial charge in [-0.25, -0.2) is 18.1 Å². The predicted molar refractivity (Wildman–Crippen MR) is 146 cm³/mol. The van der Waals surface area contributed by atoms with Crippen LogP contribution in [0.2, 0.25) is 0 Å². The number of esters is 1. The Balaban J connectivity index is 1.67. The van der Waals surface area contributed by atoms with Crippen LogP contribution in [0.3, 0.4) is 0 Å². The van der Waals surface area contributed by atoms with Crippen molar-refractivity contribution in [2.75, 3.05) is 12.3 Å². The minimum absolute atomic E-state index is 0.0322. The van der Waals surface area contributed by atoms with Gasteiger partial charge in [-0.15, -0.1) is 0 Å². The number of halogens is 2. The molecule has 5 N–H and O–H groups in total. The molecule has 1 aromatic heterocycles. The first-order chi connectivity index (χ1) is 19.8. The van der Waals surface area contributed by atoms with E-state index in [4.69, 9.17) is 24.3 Å². The highest BCUT2D eigenvalue weighted by atomic mass is 31.2. The van der Waals surface area contributed by atoms with Gasteiger partial charge < -0.3 is 29.9 Å². The van der Waals surface area contributed by atoms with E-state index in [1.54, 1.807) is 50.2 Å². The van der Waals surface area contributed by atoms with Gasteiger partial charge in [-0.3, -0.25) is 13.9 Å². The first-order valence-electron chi connectivity index (χ1n) is 12.8. The third-order valence-electron chi connectivity index (χ3n) is 6.44. The number of hydrogen-bond acceptors (Lipinski definition) is 11. The number of benzene rings is 2. The summed E-state index contributed by atoms with van der Waals surface area (Å²) in [6.07, 6.45) is -9.22. The van der Waals surface area contributed by atoms with E-state index in [9.17, 15) is 33.1 Å². The fraction of sp³-hybridized carbons (Fsp3) is 0.423. The van der Waals surface area contributed by atoms with Gasteiger partial charge in [0.15, 0.2) is 11.8 Å². The number of aliphatic hydroxyl groups is 2. The molecule has 0 radical (unpaired) electrons. The van der Waals surface area contributed by atoms with Crippen LogP contribution >= 0.6 is 7.75 Å². The first kappa shape index (κ1) is 31.5. The lowest BCUT2D eigenvalue weighted by Gasteiger charge is -2.32. The van der Waals surface area contributed by atoms with Gasteiger partial charge >= 0.3 is 19.4 Å². The average Bonchev–Trinajstić information content (AvgIpc) is 3.18. The molecule has 1 aliphatic rings. The van der Waals surface area contributed by atoms with Gasteiger partial charge in [0.25, 0.3) is 6.43 Å². The molecule has 1 unspecified atom stereocenters. The maximum absolute atomic E-state index is 14.6. The summed E-state index contributed by atoms with van der Waals surface area (Å²) in [6.45, 7) is 3.19. The third-order valence-corrected chi connectivity index (χ3v) is 8.05. The number of aromatic nitrogens is 2. The highest BCUT2D eigenvalue weighted by molar-refractivity contribution is 7.52. The lowest BCUT2D eigenvalue weighted by atomic mass is 9.96. The fourth-order valence-corrected chi connectivity index (χ4v) is 5.87. The van der Waals surface area contributed by atoms with Gasteiger partial charge in [-0.2, -0.15) is 10.1 Å². The Bertz CT molecular complexity index is 1540. The average molecular weight is 613 g/mol. The molecule has 1 aliphatic heterocycles. The number of hydrogen-bond donors (Lipinski definition) is 4. The minimum Gasteiger partial charge on any atom is -0.462 e. The van der Waals surface area contributed by atoms with E-state index in [1.165, 1.54) is 13.0 Å². The number of alkyl halides is 2. The first-order valence-corrected chi connectivity index (χ1v) is 14.4. The van der Waals surface area contributed by atoms with Crippen molar-refractivity contribution in [3.8, 4) is 5.75 Å². The zero-order chi connectivity index (χ0) is 30.8. The summed E-state index contributed by atoms with van der Waals surface area (Å²) in [5.41, 5.74) is 1.43. The van der Waals surface area contributed by atoms with Crippen LogP contribution in [-0.2, 0) is 23.4 Å². The summed E-state index contributed by atoms with van der Waals surface area (Å²) < 4.78 is 65.6. The Kier molecular flexibility index (Phi) is 9.30. The largest absolute Gasteiger partial charge is 0.462 e. The van der Waals surface area contributed by atoms with Crippen LogP contribution in [-0.4, -0.2) is 68.7 Å². The van der Waals surface area contributed by atoms with Crippen LogP contribution in [0.5, 0.6) is 5.75 Å². The molecule has 42 heavy (non-hydrogen) atoms. The highest BCUT2D eigenvalue weighted by Gasteiger charge is 2.61. The Morgan fingerprint density at radius 2 is 1.88 bits per heavy atom. The van der Waals surface area contributed by atoms with Gasteiger partial charge in [0, 0.05) is 11.6 Å². The van der Waals surface area contributed by atoms with E-state index in [-0.39, 0.29) is 11.6 Å². The number of rotatable bonds is 11. The van der Waals surface area contributed by atoms with Crippen LogP contribution in [0.25, 0.3) is 10.8 Å². The molecule has 228 valence electrons.